The van der Waals surface area contributed by atoms with Gasteiger partial charge in [-0.15, -0.1) is 0 Å². The van der Waals surface area contributed by atoms with Crippen LogP contribution in [0.3, 0.4) is 0 Å². The average molecular weight is 392 g/mol. The Balaban J connectivity index is 1.61. The minimum absolute atomic E-state index is 0.145. The van der Waals surface area contributed by atoms with Crippen LogP contribution in [0.5, 0.6) is 0 Å². The van der Waals surface area contributed by atoms with Crippen LogP contribution in [0.2, 0.25) is 0 Å². The maximum Gasteiger partial charge on any atom is 0.319 e. The summed E-state index contributed by atoms with van der Waals surface area (Å²) in [7, 11) is 0. The molecule has 5 nitrogen and oxygen atoms in total. The van der Waals surface area contributed by atoms with Gasteiger partial charge in [-0.3, -0.25) is 4.79 Å². The van der Waals surface area contributed by atoms with Gasteiger partial charge in [0.2, 0.25) is 5.91 Å². The van der Waals surface area contributed by atoms with Gasteiger partial charge in [0, 0.05) is 28.8 Å². The summed E-state index contributed by atoms with van der Waals surface area (Å²) >= 11 is 3.33. The Morgan fingerprint density at radius 2 is 2.00 bits per heavy atom. The number of anilines is 2. The number of carbonyl (C=O) groups is 2. The number of rotatable bonds is 3. The van der Waals surface area contributed by atoms with E-state index in [1.54, 1.807) is 24.3 Å². The van der Waals surface area contributed by atoms with Gasteiger partial charge >= 0.3 is 6.03 Å². The topological polar surface area (TPSA) is 61.4 Å². The van der Waals surface area contributed by atoms with Crippen LogP contribution in [0.25, 0.3) is 0 Å². The van der Waals surface area contributed by atoms with Crippen molar-refractivity contribution >= 4 is 39.2 Å². The van der Waals surface area contributed by atoms with Crippen molar-refractivity contribution < 1.29 is 14.0 Å². The summed E-state index contributed by atoms with van der Waals surface area (Å²) in [4.78, 5) is 25.6. The molecular formula is C17H15BrFN3O2. The molecule has 0 saturated carbocycles. The van der Waals surface area contributed by atoms with Crippen molar-refractivity contribution in [2.45, 2.75) is 12.5 Å². The first-order valence-electron chi connectivity index (χ1n) is 7.40. The predicted octanol–water partition coefficient (Wildman–Crippen LogP) is 3.52. The standard InChI is InChI=1S/C17H15BrFN3O2/c18-11-3-1-5-13(7-11)20-17(24)21-14-9-16(23)22(10-14)15-6-2-4-12(19)8-15/h1-8,14H,9-10H2,(H2,20,21,24)/t14-/m0/s1. The molecule has 2 aromatic carbocycles. The summed E-state index contributed by atoms with van der Waals surface area (Å²) in [5.74, 6) is -0.544. The van der Waals surface area contributed by atoms with E-state index >= 15 is 0 Å². The first-order chi connectivity index (χ1) is 11.5. The van der Waals surface area contributed by atoms with Crippen molar-refractivity contribution in [2.75, 3.05) is 16.8 Å². The second-order valence-electron chi connectivity index (χ2n) is 5.49. The normalized spacial score (nSPS) is 17.0. The first kappa shape index (κ1) is 16.4. The Morgan fingerprint density at radius 3 is 2.75 bits per heavy atom. The van der Waals surface area contributed by atoms with Crippen molar-refractivity contribution in [1.82, 2.24) is 5.32 Å². The molecule has 1 aliphatic rings. The molecular weight excluding hydrogens is 377 g/mol. The van der Waals surface area contributed by atoms with Gasteiger partial charge in [0.15, 0.2) is 0 Å². The number of benzene rings is 2. The van der Waals surface area contributed by atoms with E-state index in [9.17, 15) is 14.0 Å². The van der Waals surface area contributed by atoms with Crippen molar-refractivity contribution in [1.29, 1.82) is 0 Å². The lowest BCUT2D eigenvalue weighted by molar-refractivity contribution is -0.117. The van der Waals surface area contributed by atoms with Gasteiger partial charge in [-0.25, -0.2) is 9.18 Å². The van der Waals surface area contributed by atoms with Gasteiger partial charge in [0.25, 0.3) is 0 Å². The molecule has 0 bridgehead atoms. The fourth-order valence-electron chi connectivity index (χ4n) is 2.62. The molecule has 0 radical (unpaired) electrons. The van der Waals surface area contributed by atoms with E-state index in [0.717, 1.165) is 4.47 Å². The van der Waals surface area contributed by atoms with Gasteiger partial charge < -0.3 is 15.5 Å². The molecule has 3 amide bonds. The number of hydrogen-bond acceptors (Lipinski definition) is 2. The zero-order chi connectivity index (χ0) is 17.1. The second kappa shape index (κ2) is 7.00. The zero-order valence-electron chi connectivity index (χ0n) is 12.6. The lowest BCUT2D eigenvalue weighted by atomic mass is 10.2. The number of urea groups is 1. The Morgan fingerprint density at radius 1 is 1.21 bits per heavy atom. The van der Waals surface area contributed by atoms with Gasteiger partial charge in [-0.2, -0.15) is 0 Å². The third-order valence-corrected chi connectivity index (χ3v) is 4.16. The van der Waals surface area contributed by atoms with Crippen LogP contribution < -0.4 is 15.5 Å². The van der Waals surface area contributed by atoms with Crippen LogP contribution in [0.1, 0.15) is 6.42 Å². The Hall–Kier alpha value is -2.41. The number of nitrogens with zero attached hydrogens (tertiary/aromatic N) is 1. The van der Waals surface area contributed by atoms with E-state index in [-0.39, 0.29) is 24.4 Å². The van der Waals surface area contributed by atoms with Gasteiger partial charge in [0.1, 0.15) is 5.82 Å². The lowest BCUT2D eigenvalue weighted by Gasteiger charge is -2.17. The maximum absolute atomic E-state index is 13.3. The van der Waals surface area contributed by atoms with E-state index in [4.69, 9.17) is 0 Å². The summed E-state index contributed by atoms with van der Waals surface area (Å²) in [6.07, 6.45) is 0.183. The molecule has 3 rings (SSSR count). The van der Waals surface area contributed by atoms with Gasteiger partial charge in [0.05, 0.1) is 6.04 Å². The quantitative estimate of drug-likeness (QED) is 0.840. The van der Waals surface area contributed by atoms with Crippen molar-refractivity contribution in [2.24, 2.45) is 0 Å². The van der Waals surface area contributed by atoms with Crippen molar-refractivity contribution in [3.05, 3.63) is 58.8 Å². The van der Waals surface area contributed by atoms with Gasteiger partial charge in [-0.05, 0) is 36.4 Å². The number of halogens is 2. The smallest absolute Gasteiger partial charge is 0.319 e. The van der Waals surface area contributed by atoms with E-state index in [0.29, 0.717) is 17.9 Å². The highest BCUT2D eigenvalue weighted by Crippen LogP contribution is 2.22. The molecule has 2 N–H and O–H groups in total. The molecule has 24 heavy (non-hydrogen) atoms. The number of amides is 3. The van der Waals surface area contributed by atoms with Crippen molar-refractivity contribution in [3.63, 3.8) is 0 Å². The van der Waals surface area contributed by atoms with Crippen molar-refractivity contribution in [3.8, 4) is 0 Å². The lowest BCUT2D eigenvalue weighted by Crippen LogP contribution is -2.39. The molecule has 2 aromatic rings. The molecule has 7 heteroatoms. The fraction of sp³-hybridized carbons (Fsp3) is 0.176. The zero-order valence-corrected chi connectivity index (χ0v) is 14.2. The average Bonchev–Trinajstić information content (AvgIpc) is 2.87. The van der Waals surface area contributed by atoms with E-state index < -0.39 is 5.82 Å². The molecule has 0 spiro atoms. The summed E-state index contributed by atoms with van der Waals surface area (Å²) in [5, 5.41) is 5.49. The maximum atomic E-state index is 13.3. The highest BCUT2D eigenvalue weighted by atomic mass is 79.9. The van der Waals surface area contributed by atoms with Crippen LogP contribution in [0, 0.1) is 5.82 Å². The molecule has 1 aliphatic heterocycles. The van der Waals surface area contributed by atoms with Gasteiger partial charge in [-0.1, -0.05) is 28.1 Å². The van der Waals surface area contributed by atoms with E-state index in [1.807, 2.05) is 12.1 Å². The Bertz CT molecular complexity index is 784. The molecule has 1 heterocycles. The third-order valence-electron chi connectivity index (χ3n) is 3.66. The van der Waals surface area contributed by atoms with E-state index in [2.05, 4.69) is 26.6 Å². The summed E-state index contributed by atoms with van der Waals surface area (Å²) in [5.41, 5.74) is 1.14. The predicted molar refractivity (Wildman–Crippen MR) is 93.5 cm³/mol. The summed E-state index contributed by atoms with van der Waals surface area (Å²) in [6.45, 7) is 0.314. The van der Waals surface area contributed by atoms with E-state index in [1.165, 1.54) is 17.0 Å². The molecule has 124 valence electrons. The Kier molecular flexibility index (Phi) is 4.80. The molecule has 1 fully saturated rings. The summed E-state index contributed by atoms with van der Waals surface area (Å²) in [6, 6.07) is 12.4. The summed E-state index contributed by atoms with van der Waals surface area (Å²) < 4.78 is 14.2. The highest BCUT2D eigenvalue weighted by Gasteiger charge is 2.31. The fourth-order valence-corrected chi connectivity index (χ4v) is 3.02. The van der Waals surface area contributed by atoms with Crippen LogP contribution in [0.4, 0.5) is 20.6 Å². The monoisotopic (exact) mass is 391 g/mol. The molecule has 0 unspecified atom stereocenters. The molecule has 0 aliphatic carbocycles. The minimum atomic E-state index is -0.399. The molecule has 1 atom stereocenters. The third kappa shape index (κ3) is 3.91. The minimum Gasteiger partial charge on any atom is -0.333 e. The van der Waals surface area contributed by atoms with Crippen LogP contribution in [-0.2, 0) is 4.79 Å². The Labute approximate surface area is 147 Å². The number of hydrogen-bond donors (Lipinski definition) is 2. The SMILES string of the molecule is O=C(Nc1cccc(Br)c1)N[C@H]1CC(=O)N(c2cccc(F)c2)C1. The first-order valence-corrected chi connectivity index (χ1v) is 8.19. The highest BCUT2D eigenvalue weighted by molar-refractivity contribution is 9.10. The van der Waals surface area contributed by atoms with Crippen LogP contribution in [-0.4, -0.2) is 24.5 Å². The number of carbonyl (C=O) groups excluding carboxylic acids is 2. The number of nitrogens with one attached hydrogen (secondary N) is 2. The van der Waals surface area contributed by atoms with Crippen LogP contribution in [0.15, 0.2) is 53.0 Å². The molecule has 1 saturated heterocycles. The largest absolute Gasteiger partial charge is 0.333 e. The second-order valence-corrected chi connectivity index (χ2v) is 6.41. The molecule has 0 aromatic heterocycles. The van der Waals surface area contributed by atoms with Crippen LogP contribution >= 0.6 is 15.9 Å².